The van der Waals surface area contributed by atoms with Crippen molar-refractivity contribution in [2.24, 2.45) is 0 Å². The van der Waals surface area contributed by atoms with Gasteiger partial charge in [-0.1, -0.05) is 29.8 Å². The molecule has 8 heteroatoms. The van der Waals surface area contributed by atoms with Crippen molar-refractivity contribution < 1.29 is 19.2 Å². The molecule has 7 nitrogen and oxygen atoms in total. The second-order valence-electron chi connectivity index (χ2n) is 5.15. The number of esters is 1. The van der Waals surface area contributed by atoms with Gasteiger partial charge in [-0.2, -0.15) is 0 Å². The number of fused-ring (bicyclic) bond motifs is 1. The highest BCUT2D eigenvalue weighted by atomic mass is 35.5. The summed E-state index contributed by atoms with van der Waals surface area (Å²) >= 11 is 5.78. The van der Waals surface area contributed by atoms with Crippen LogP contribution in [-0.2, 0) is 4.74 Å². The summed E-state index contributed by atoms with van der Waals surface area (Å²) in [6.45, 7) is 0. The van der Waals surface area contributed by atoms with Crippen molar-refractivity contribution in [3.63, 3.8) is 0 Å². The molecule has 0 saturated carbocycles. The number of para-hydroxylation sites is 1. The summed E-state index contributed by atoms with van der Waals surface area (Å²) < 4.78 is 6.00. The van der Waals surface area contributed by atoms with Crippen molar-refractivity contribution in [1.29, 1.82) is 0 Å². The minimum Gasteiger partial charge on any atom is -0.465 e. The number of nitrogens with zero attached hydrogens (tertiary/aromatic N) is 2. The standard InChI is InChI=1S/C17H11ClN2O5/c1-25-17(22)12-9-19(14-5-3-2-4-11(12)14)16(21)10-6-7-13(18)15(8-10)20(23)24/h2-9H,1H3. The zero-order chi connectivity index (χ0) is 18.1. The number of carbonyl (C=O) groups excluding carboxylic acids is 2. The molecule has 0 unspecified atom stereocenters. The summed E-state index contributed by atoms with van der Waals surface area (Å²) in [5, 5.41) is 11.5. The molecule has 126 valence electrons. The minimum atomic E-state index is -0.660. The number of hydrogen-bond donors (Lipinski definition) is 0. The quantitative estimate of drug-likeness (QED) is 0.404. The Hall–Kier alpha value is -3.19. The first kappa shape index (κ1) is 16.7. The van der Waals surface area contributed by atoms with Crippen LogP contribution >= 0.6 is 11.6 Å². The number of benzene rings is 2. The van der Waals surface area contributed by atoms with Crippen LogP contribution in [0.25, 0.3) is 10.9 Å². The van der Waals surface area contributed by atoms with Crippen LogP contribution in [0.4, 0.5) is 5.69 Å². The van der Waals surface area contributed by atoms with Crippen LogP contribution in [0.2, 0.25) is 5.02 Å². The predicted molar refractivity (Wildman–Crippen MR) is 91.1 cm³/mol. The van der Waals surface area contributed by atoms with Crippen molar-refractivity contribution in [3.05, 3.63) is 74.9 Å². The molecule has 1 aromatic heterocycles. The number of halogens is 1. The Morgan fingerprint density at radius 2 is 1.92 bits per heavy atom. The van der Waals surface area contributed by atoms with Crippen molar-refractivity contribution in [1.82, 2.24) is 4.57 Å². The first-order valence-electron chi connectivity index (χ1n) is 7.11. The summed E-state index contributed by atoms with van der Waals surface area (Å²) in [6, 6.07) is 10.6. The van der Waals surface area contributed by atoms with Crippen LogP contribution in [0.5, 0.6) is 0 Å². The van der Waals surface area contributed by atoms with Crippen LogP contribution in [0, 0.1) is 10.1 Å². The molecule has 25 heavy (non-hydrogen) atoms. The smallest absolute Gasteiger partial charge is 0.340 e. The predicted octanol–water partition coefficient (Wildman–Crippen LogP) is 3.68. The van der Waals surface area contributed by atoms with Gasteiger partial charge in [0.2, 0.25) is 0 Å². The van der Waals surface area contributed by atoms with Crippen molar-refractivity contribution in [2.75, 3.05) is 7.11 Å². The Morgan fingerprint density at radius 3 is 2.60 bits per heavy atom. The lowest BCUT2D eigenvalue weighted by atomic mass is 10.1. The van der Waals surface area contributed by atoms with Crippen molar-refractivity contribution in [2.45, 2.75) is 0 Å². The average molecular weight is 359 g/mol. The van der Waals surface area contributed by atoms with Crippen LogP contribution in [0.3, 0.4) is 0 Å². The first-order chi connectivity index (χ1) is 11.9. The SMILES string of the molecule is COC(=O)c1cn(C(=O)c2ccc(Cl)c([N+](=O)[O-])c2)c2ccccc12. The Labute approximate surface area is 146 Å². The highest BCUT2D eigenvalue weighted by Crippen LogP contribution is 2.27. The molecule has 0 radical (unpaired) electrons. The highest BCUT2D eigenvalue weighted by molar-refractivity contribution is 6.32. The number of ether oxygens (including phenoxy) is 1. The van der Waals surface area contributed by atoms with Gasteiger partial charge < -0.3 is 4.74 Å². The first-order valence-corrected chi connectivity index (χ1v) is 7.49. The summed E-state index contributed by atoms with van der Waals surface area (Å²) in [5.74, 6) is -1.10. The lowest BCUT2D eigenvalue weighted by Crippen LogP contribution is -2.11. The van der Waals surface area contributed by atoms with Gasteiger partial charge in [-0.15, -0.1) is 0 Å². The monoisotopic (exact) mass is 358 g/mol. The maximum absolute atomic E-state index is 12.8. The van der Waals surface area contributed by atoms with E-state index in [-0.39, 0.29) is 21.8 Å². The zero-order valence-electron chi connectivity index (χ0n) is 12.9. The van der Waals surface area contributed by atoms with Gasteiger partial charge in [-0.3, -0.25) is 19.5 Å². The van der Waals surface area contributed by atoms with E-state index in [2.05, 4.69) is 0 Å². The third-order valence-electron chi connectivity index (χ3n) is 3.73. The van der Waals surface area contributed by atoms with E-state index in [9.17, 15) is 19.7 Å². The molecular formula is C17H11ClN2O5. The summed E-state index contributed by atoms with van der Waals surface area (Å²) in [4.78, 5) is 35.1. The Kier molecular flexibility index (Phi) is 4.24. The summed E-state index contributed by atoms with van der Waals surface area (Å²) in [7, 11) is 1.25. The van der Waals surface area contributed by atoms with Crippen LogP contribution in [0.15, 0.2) is 48.7 Å². The number of aromatic nitrogens is 1. The van der Waals surface area contributed by atoms with E-state index >= 15 is 0 Å². The molecule has 0 aliphatic rings. The number of nitro benzene ring substituents is 1. The van der Waals surface area contributed by atoms with Gasteiger partial charge in [0.15, 0.2) is 0 Å². The van der Waals surface area contributed by atoms with E-state index in [1.807, 2.05) is 0 Å². The van der Waals surface area contributed by atoms with E-state index in [0.717, 1.165) is 6.07 Å². The van der Waals surface area contributed by atoms with Gasteiger partial charge in [0.05, 0.1) is 23.1 Å². The molecular weight excluding hydrogens is 348 g/mol. The second kappa shape index (κ2) is 6.37. The van der Waals surface area contributed by atoms with E-state index < -0.39 is 16.8 Å². The molecule has 0 bridgehead atoms. The fraction of sp³-hybridized carbons (Fsp3) is 0.0588. The van der Waals surface area contributed by atoms with Gasteiger partial charge in [0.25, 0.3) is 11.6 Å². The van der Waals surface area contributed by atoms with Gasteiger partial charge in [-0.05, 0) is 18.2 Å². The molecule has 0 fully saturated rings. The Morgan fingerprint density at radius 1 is 1.20 bits per heavy atom. The fourth-order valence-corrected chi connectivity index (χ4v) is 2.73. The maximum atomic E-state index is 12.8. The molecule has 0 aliphatic heterocycles. The zero-order valence-corrected chi connectivity index (χ0v) is 13.7. The molecule has 0 spiro atoms. The van der Waals surface area contributed by atoms with E-state index in [1.54, 1.807) is 24.3 Å². The van der Waals surface area contributed by atoms with Crippen molar-refractivity contribution >= 4 is 40.1 Å². The fourth-order valence-electron chi connectivity index (χ4n) is 2.54. The lowest BCUT2D eigenvalue weighted by molar-refractivity contribution is -0.384. The van der Waals surface area contributed by atoms with E-state index in [1.165, 1.54) is 30.0 Å². The average Bonchev–Trinajstić information content (AvgIpc) is 3.00. The number of rotatable bonds is 3. The van der Waals surface area contributed by atoms with Gasteiger partial charge in [0, 0.05) is 23.2 Å². The highest BCUT2D eigenvalue weighted by Gasteiger charge is 2.22. The van der Waals surface area contributed by atoms with Gasteiger partial charge in [-0.25, -0.2) is 4.79 Å². The lowest BCUT2D eigenvalue weighted by Gasteiger charge is -2.05. The van der Waals surface area contributed by atoms with Crippen LogP contribution < -0.4 is 0 Å². The number of methoxy groups -OCH3 is 1. The summed E-state index contributed by atoms with van der Waals surface area (Å²) in [5.41, 5.74) is 0.436. The molecule has 0 saturated heterocycles. The number of carbonyl (C=O) groups is 2. The molecule has 2 aromatic carbocycles. The van der Waals surface area contributed by atoms with Crippen molar-refractivity contribution in [3.8, 4) is 0 Å². The normalized spacial score (nSPS) is 10.6. The molecule has 3 rings (SSSR count). The largest absolute Gasteiger partial charge is 0.465 e. The van der Waals surface area contributed by atoms with E-state index in [0.29, 0.717) is 10.9 Å². The van der Waals surface area contributed by atoms with Gasteiger partial charge >= 0.3 is 5.97 Å². The Bertz CT molecular complexity index is 1030. The third-order valence-corrected chi connectivity index (χ3v) is 4.05. The topological polar surface area (TPSA) is 91.4 Å². The number of hydrogen-bond acceptors (Lipinski definition) is 5. The summed E-state index contributed by atoms with van der Waals surface area (Å²) in [6.07, 6.45) is 1.36. The van der Waals surface area contributed by atoms with E-state index in [4.69, 9.17) is 16.3 Å². The third kappa shape index (κ3) is 2.85. The second-order valence-corrected chi connectivity index (χ2v) is 5.56. The molecule has 0 N–H and O–H groups in total. The minimum absolute atomic E-state index is 0.0610. The van der Waals surface area contributed by atoms with Crippen LogP contribution in [-0.4, -0.2) is 28.5 Å². The molecule has 0 amide bonds. The van der Waals surface area contributed by atoms with Crippen LogP contribution in [0.1, 0.15) is 20.7 Å². The number of nitro groups is 1. The maximum Gasteiger partial charge on any atom is 0.340 e. The molecule has 1 heterocycles. The molecule has 0 atom stereocenters. The van der Waals surface area contributed by atoms with Gasteiger partial charge in [0.1, 0.15) is 5.02 Å². The Balaban J connectivity index is 2.17. The molecule has 3 aromatic rings. The molecule has 0 aliphatic carbocycles.